The Morgan fingerprint density at radius 2 is 1.63 bits per heavy atom. The lowest BCUT2D eigenvalue weighted by Crippen LogP contribution is -3.00. The van der Waals surface area contributed by atoms with Gasteiger partial charge in [-0.1, -0.05) is 30.3 Å². The van der Waals surface area contributed by atoms with Gasteiger partial charge < -0.3 is 38.3 Å². The molecule has 106 valence electrons. The van der Waals surface area contributed by atoms with Crippen LogP contribution in [-0.4, -0.2) is 49.0 Å². The van der Waals surface area contributed by atoms with E-state index in [1.807, 2.05) is 30.3 Å². The van der Waals surface area contributed by atoms with E-state index in [9.17, 15) is 5.11 Å². The third-order valence-electron chi connectivity index (χ3n) is 4.96. The lowest BCUT2D eigenvalue weighted by atomic mass is 9.76. The Bertz CT molecular complexity index is 419. The highest BCUT2D eigenvalue weighted by Crippen LogP contribution is 2.43. The van der Waals surface area contributed by atoms with E-state index in [0.29, 0.717) is 12.1 Å². The lowest BCUT2D eigenvalue weighted by molar-refractivity contribution is -0.955. The van der Waals surface area contributed by atoms with E-state index in [1.54, 1.807) is 0 Å². The van der Waals surface area contributed by atoms with Crippen molar-refractivity contribution in [2.45, 2.75) is 30.5 Å². The molecule has 2 bridgehead atoms. The first kappa shape index (κ1) is 15.2. The second-order valence-electron chi connectivity index (χ2n) is 6.28. The van der Waals surface area contributed by atoms with Crippen LogP contribution in [0.5, 0.6) is 0 Å². The Labute approximate surface area is 132 Å². The molecule has 2 aliphatic rings. The normalized spacial score (nSPS) is 36.4. The molecule has 0 aromatic heterocycles. The Kier molecular flexibility index (Phi) is 4.26. The van der Waals surface area contributed by atoms with Crippen LogP contribution in [-0.2, 0) is 10.3 Å². The first-order valence-electron chi connectivity index (χ1n) is 6.71. The van der Waals surface area contributed by atoms with Gasteiger partial charge in [-0.05, 0) is 5.56 Å². The van der Waals surface area contributed by atoms with Crippen LogP contribution < -0.4 is 24.0 Å². The summed E-state index contributed by atoms with van der Waals surface area (Å²) in [6.07, 6.45) is 1.58. The average Bonchev–Trinajstić information content (AvgIpc) is 2.33. The number of piperidine rings is 1. The zero-order valence-corrected chi connectivity index (χ0v) is 13.7. The van der Waals surface area contributed by atoms with Crippen molar-refractivity contribution in [3.05, 3.63) is 35.9 Å². The first-order chi connectivity index (χ1) is 8.52. The molecule has 1 aromatic carbocycles. The van der Waals surface area contributed by atoms with Gasteiger partial charge in [-0.2, -0.15) is 0 Å². The summed E-state index contributed by atoms with van der Waals surface area (Å²) in [5, 5.41) is 11.0. The minimum Gasteiger partial charge on any atom is -1.00 e. The number of morpholine rings is 1. The molecular weight excluding hydrogens is 353 g/mol. The molecule has 2 unspecified atom stereocenters. The molecule has 2 heterocycles. The number of rotatable bonds is 1. The minimum absolute atomic E-state index is 0. The molecule has 19 heavy (non-hydrogen) atoms. The van der Waals surface area contributed by atoms with Gasteiger partial charge in [0.1, 0.15) is 17.7 Å². The molecule has 1 N–H and O–H groups in total. The van der Waals surface area contributed by atoms with E-state index in [-0.39, 0.29) is 24.0 Å². The van der Waals surface area contributed by atoms with Crippen molar-refractivity contribution in [2.24, 2.45) is 0 Å². The molecule has 4 heteroatoms. The average molecular weight is 375 g/mol. The second kappa shape index (κ2) is 5.31. The Balaban J connectivity index is 0.00000133. The van der Waals surface area contributed by atoms with Crippen LogP contribution in [0.3, 0.4) is 0 Å². The Morgan fingerprint density at radius 1 is 1.11 bits per heavy atom. The Morgan fingerprint density at radius 3 is 2.16 bits per heavy atom. The summed E-state index contributed by atoms with van der Waals surface area (Å²) in [6, 6.07) is 10.9. The highest BCUT2D eigenvalue weighted by Gasteiger charge is 2.53. The maximum Gasteiger partial charge on any atom is 0.116 e. The van der Waals surface area contributed by atoms with Gasteiger partial charge in [0.05, 0.1) is 27.3 Å². The van der Waals surface area contributed by atoms with Gasteiger partial charge in [0, 0.05) is 12.8 Å². The number of nitrogens with zero attached hydrogens (tertiary/aromatic N) is 1. The molecule has 1 aromatic rings. The first-order valence-corrected chi connectivity index (χ1v) is 6.71. The van der Waals surface area contributed by atoms with Crippen LogP contribution in [0.4, 0.5) is 0 Å². The van der Waals surface area contributed by atoms with Gasteiger partial charge in [0.2, 0.25) is 0 Å². The van der Waals surface area contributed by atoms with Crippen molar-refractivity contribution in [3.8, 4) is 0 Å². The molecule has 2 aliphatic heterocycles. The summed E-state index contributed by atoms with van der Waals surface area (Å²) in [5.74, 6) is 0. The van der Waals surface area contributed by atoms with Crippen LogP contribution in [0.2, 0.25) is 0 Å². The SMILES string of the molecule is C[N+]1(C)C2COCC1CC(O)(c1ccccc1)C2.[I-]. The van der Waals surface area contributed by atoms with Gasteiger partial charge in [-0.3, -0.25) is 0 Å². The van der Waals surface area contributed by atoms with E-state index in [1.165, 1.54) is 0 Å². The van der Waals surface area contributed by atoms with Crippen molar-refractivity contribution in [1.82, 2.24) is 0 Å². The molecule has 3 rings (SSSR count). The fraction of sp³-hybridized carbons (Fsp3) is 0.600. The standard InChI is InChI=1S/C15H22NO2.HI/c1-16(2)13-8-15(17,9-14(16)11-18-10-13)12-6-4-3-5-7-12;/h3-7,13-14,17H,8-11H2,1-2H3;1H/q+1;/p-1. The van der Waals surface area contributed by atoms with E-state index in [2.05, 4.69) is 14.1 Å². The van der Waals surface area contributed by atoms with Crippen LogP contribution in [0.1, 0.15) is 18.4 Å². The van der Waals surface area contributed by atoms with Crippen LogP contribution >= 0.6 is 0 Å². The van der Waals surface area contributed by atoms with Crippen molar-refractivity contribution >= 4 is 0 Å². The topological polar surface area (TPSA) is 29.5 Å². The van der Waals surface area contributed by atoms with Crippen molar-refractivity contribution in [3.63, 3.8) is 0 Å². The molecular formula is C15H22INO2. The molecule has 0 aliphatic carbocycles. The van der Waals surface area contributed by atoms with Crippen LogP contribution in [0, 0.1) is 0 Å². The summed E-state index contributed by atoms with van der Waals surface area (Å²) >= 11 is 0. The zero-order valence-electron chi connectivity index (χ0n) is 11.6. The largest absolute Gasteiger partial charge is 1.00 e. The highest BCUT2D eigenvalue weighted by atomic mass is 127. The predicted octanol–water partition coefficient (Wildman–Crippen LogP) is -1.48. The maximum atomic E-state index is 11.0. The molecule has 0 spiro atoms. The number of fused-ring (bicyclic) bond motifs is 2. The number of ether oxygens (including phenoxy) is 1. The van der Waals surface area contributed by atoms with Gasteiger partial charge in [-0.25, -0.2) is 0 Å². The number of hydrogen-bond acceptors (Lipinski definition) is 2. The summed E-state index contributed by atoms with van der Waals surface area (Å²) < 4.78 is 6.66. The lowest BCUT2D eigenvalue weighted by Gasteiger charge is -2.55. The number of hydrogen-bond donors (Lipinski definition) is 1. The molecule has 0 amide bonds. The second-order valence-corrected chi connectivity index (χ2v) is 6.28. The molecule has 2 atom stereocenters. The number of halogens is 1. The fourth-order valence-corrected chi connectivity index (χ4v) is 3.46. The summed E-state index contributed by atoms with van der Waals surface area (Å²) in [4.78, 5) is 0. The van der Waals surface area contributed by atoms with E-state index in [4.69, 9.17) is 4.74 Å². The van der Waals surface area contributed by atoms with E-state index in [0.717, 1.165) is 36.1 Å². The smallest absolute Gasteiger partial charge is 0.116 e. The van der Waals surface area contributed by atoms with Crippen molar-refractivity contribution in [1.29, 1.82) is 0 Å². The minimum atomic E-state index is -0.672. The Hall–Kier alpha value is -0.170. The van der Waals surface area contributed by atoms with Gasteiger partial charge in [0.25, 0.3) is 0 Å². The maximum absolute atomic E-state index is 11.0. The van der Waals surface area contributed by atoms with Crippen LogP contribution in [0.25, 0.3) is 0 Å². The molecule has 3 nitrogen and oxygen atoms in total. The van der Waals surface area contributed by atoms with Gasteiger partial charge >= 0.3 is 0 Å². The third-order valence-corrected chi connectivity index (χ3v) is 4.96. The third kappa shape index (κ3) is 2.55. The summed E-state index contributed by atoms with van der Waals surface area (Å²) in [5.41, 5.74) is 0.385. The highest BCUT2D eigenvalue weighted by molar-refractivity contribution is 5.23. The monoisotopic (exact) mass is 375 g/mol. The molecule has 2 fully saturated rings. The number of aliphatic hydroxyl groups is 1. The summed E-state index contributed by atoms with van der Waals surface area (Å²) in [6.45, 7) is 1.53. The fourth-order valence-electron chi connectivity index (χ4n) is 3.46. The predicted molar refractivity (Wildman–Crippen MR) is 70.1 cm³/mol. The molecule has 0 radical (unpaired) electrons. The van der Waals surface area contributed by atoms with Gasteiger partial charge in [-0.15, -0.1) is 0 Å². The number of likely N-dealkylation sites (N-methyl/N-ethyl adjacent to an activating group) is 1. The molecule has 0 saturated carbocycles. The quantitative estimate of drug-likeness (QED) is 0.479. The number of quaternary nitrogens is 1. The van der Waals surface area contributed by atoms with E-state index < -0.39 is 5.60 Å². The van der Waals surface area contributed by atoms with Gasteiger partial charge in [0.15, 0.2) is 0 Å². The van der Waals surface area contributed by atoms with Crippen LogP contribution in [0.15, 0.2) is 30.3 Å². The van der Waals surface area contributed by atoms with Crippen molar-refractivity contribution in [2.75, 3.05) is 27.3 Å². The zero-order chi connectivity index (χ0) is 12.8. The van der Waals surface area contributed by atoms with E-state index >= 15 is 0 Å². The molecule has 2 saturated heterocycles. The summed E-state index contributed by atoms with van der Waals surface area (Å²) in [7, 11) is 4.53. The number of benzene rings is 1. The van der Waals surface area contributed by atoms with Crippen molar-refractivity contribution < 1.29 is 38.3 Å².